The molecule has 0 radical (unpaired) electrons. The van der Waals surface area contributed by atoms with Crippen LogP contribution in [0.3, 0.4) is 0 Å². The highest BCUT2D eigenvalue weighted by Crippen LogP contribution is 2.02. The van der Waals surface area contributed by atoms with Gasteiger partial charge < -0.3 is 15.4 Å². The van der Waals surface area contributed by atoms with Crippen molar-refractivity contribution >= 4 is 11.9 Å². The lowest BCUT2D eigenvalue weighted by Gasteiger charge is -2.04. The average Bonchev–Trinajstić information content (AvgIpc) is 2.45. The largest absolute Gasteiger partial charge is 0.478 e. The van der Waals surface area contributed by atoms with Crippen LogP contribution in [-0.4, -0.2) is 27.0 Å². The highest BCUT2D eigenvalue weighted by atomic mass is 16.4. The normalized spacial score (nSPS) is 10.0. The van der Waals surface area contributed by atoms with Gasteiger partial charge in [0.15, 0.2) is 5.43 Å². The zero-order valence-corrected chi connectivity index (χ0v) is 10.3. The fourth-order valence-electron chi connectivity index (χ4n) is 1.57. The Hall–Kier alpha value is -2.96. The van der Waals surface area contributed by atoms with Crippen molar-refractivity contribution in [3.63, 3.8) is 0 Å². The van der Waals surface area contributed by atoms with E-state index in [2.05, 4.69) is 15.3 Å². The third kappa shape index (κ3) is 3.08. The molecule has 102 valence electrons. The van der Waals surface area contributed by atoms with Gasteiger partial charge in [-0.3, -0.25) is 14.6 Å². The number of aromatic carboxylic acids is 1. The summed E-state index contributed by atoms with van der Waals surface area (Å²) < 4.78 is 0. The molecule has 7 nitrogen and oxygen atoms in total. The molecule has 2 rings (SSSR count). The number of carboxylic acid groups (broad SMARTS) is 1. The number of carbonyl (C=O) groups is 2. The quantitative estimate of drug-likeness (QED) is 0.746. The second-order valence-corrected chi connectivity index (χ2v) is 3.95. The van der Waals surface area contributed by atoms with Gasteiger partial charge in [-0.2, -0.15) is 0 Å². The first-order valence-electron chi connectivity index (χ1n) is 5.71. The molecule has 0 bridgehead atoms. The molecule has 2 aromatic heterocycles. The first-order chi connectivity index (χ1) is 9.58. The minimum atomic E-state index is -1.07. The standard InChI is InChI=1S/C13H11N3O4/c17-11-2-3-14-7-10(11)12(18)16-6-9-5-8(13(19)20)1-4-15-9/h1-5,7H,6H2,(H,14,17)(H,16,18)(H,19,20). The van der Waals surface area contributed by atoms with E-state index in [0.29, 0.717) is 5.69 Å². The summed E-state index contributed by atoms with van der Waals surface area (Å²) in [6.07, 6.45) is 4.08. The molecule has 0 aliphatic heterocycles. The summed E-state index contributed by atoms with van der Waals surface area (Å²) in [7, 11) is 0. The fraction of sp³-hybridized carbons (Fsp3) is 0.0769. The molecule has 2 heterocycles. The van der Waals surface area contributed by atoms with Crippen LogP contribution < -0.4 is 10.7 Å². The molecule has 0 saturated heterocycles. The molecule has 0 spiro atoms. The van der Waals surface area contributed by atoms with Gasteiger partial charge in [-0.15, -0.1) is 0 Å². The minimum absolute atomic E-state index is 0.0121. The van der Waals surface area contributed by atoms with E-state index in [4.69, 9.17) is 5.11 Å². The SMILES string of the molecule is O=C(O)c1ccnc(CNC(=O)c2c[nH]ccc2=O)c1. The Morgan fingerprint density at radius 2 is 2.15 bits per heavy atom. The number of rotatable bonds is 4. The van der Waals surface area contributed by atoms with Gasteiger partial charge in [-0.25, -0.2) is 4.79 Å². The lowest BCUT2D eigenvalue weighted by atomic mass is 10.2. The van der Waals surface area contributed by atoms with Gasteiger partial charge in [0.25, 0.3) is 5.91 Å². The van der Waals surface area contributed by atoms with Crippen LogP contribution >= 0.6 is 0 Å². The fourth-order valence-corrected chi connectivity index (χ4v) is 1.57. The maximum atomic E-state index is 11.8. The third-order valence-corrected chi connectivity index (χ3v) is 2.56. The maximum Gasteiger partial charge on any atom is 0.335 e. The highest BCUT2D eigenvalue weighted by molar-refractivity contribution is 5.93. The number of amides is 1. The highest BCUT2D eigenvalue weighted by Gasteiger charge is 2.10. The van der Waals surface area contributed by atoms with Crippen LogP contribution in [0.1, 0.15) is 26.4 Å². The predicted octanol–water partition coefficient (Wildman–Crippen LogP) is 0.398. The van der Waals surface area contributed by atoms with E-state index >= 15 is 0 Å². The van der Waals surface area contributed by atoms with Gasteiger partial charge >= 0.3 is 5.97 Å². The predicted molar refractivity (Wildman–Crippen MR) is 69.4 cm³/mol. The van der Waals surface area contributed by atoms with Crippen LogP contribution in [0.2, 0.25) is 0 Å². The van der Waals surface area contributed by atoms with Gasteiger partial charge in [0.1, 0.15) is 5.56 Å². The molecule has 3 N–H and O–H groups in total. The number of pyridine rings is 2. The zero-order valence-electron chi connectivity index (χ0n) is 10.3. The molecule has 0 aliphatic carbocycles. The van der Waals surface area contributed by atoms with E-state index in [9.17, 15) is 14.4 Å². The van der Waals surface area contributed by atoms with E-state index in [1.807, 2.05) is 0 Å². The number of nitrogens with zero attached hydrogens (tertiary/aromatic N) is 1. The Kier molecular flexibility index (Phi) is 3.90. The number of nitrogens with one attached hydrogen (secondary N) is 2. The Morgan fingerprint density at radius 1 is 1.35 bits per heavy atom. The van der Waals surface area contributed by atoms with E-state index in [1.54, 1.807) is 0 Å². The summed E-state index contributed by atoms with van der Waals surface area (Å²) in [5.74, 6) is -1.62. The van der Waals surface area contributed by atoms with Crippen LogP contribution in [0.5, 0.6) is 0 Å². The van der Waals surface area contributed by atoms with Crippen molar-refractivity contribution < 1.29 is 14.7 Å². The van der Waals surface area contributed by atoms with Crippen LogP contribution in [-0.2, 0) is 6.54 Å². The first kappa shape index (κ1) is 13.5. The molecule has 7 heteroatoms. The molecule has 0 saturated carbocycles. The monoisotopic (exact) mass is 273 g/mol. The number of aromatic amines is 1. The van der Waals surface area contributed by atoms with Gasteiger partial charge in [0.2, 0.25) is 0 Å². The first-order valence-corrected chi connectivity index (χ1v) is 5.71. The zero-order chi connectivity index (χ0) is 14.5. The molecule has 0 aromatic carbocycles. The van der Waals surface area contributed by atoms with Gasteiger partial charge in [-0.1, -0.05) is 0 Å². The lowest BCUT2D eigenvalue weighted by Crippen LogP contribution is -2.28. The number of carbonyl (C=O) groups excluding carboxylic acids is 1. The Labute approximate surface area is 113 Å². The molecule has 2 aromatic rings. The van der Waals surface area contributed by atoms with Crippen LogP contribution in [0, 0.1) is 0 Å². The van der Waals surface area contributed by atoms with Crippen LogP contribution in [0.25, 0.3) is 0 Å². The number of hydrogen-bond acceptors (Lipinski definition) is 4. The van der Waals surface area contributed by atoms with Crippen molar-refractivity contribution in [3.05, 3.63) is 63.8 Å². The van der Waals surface area contributed by atoms with Crippen molar-refractivity contribution in [2.24, 2.45) is 0 Å². The topological polar surface area (TPSA) is 112 Å². The van der Waals surface area contributed by atoms with Gasteiger partial charge in [-0.05, 0) is 12.1 Å². The van der Waals surface area contributed by atoms with Crippen molar-refractivity contribution in [2.45, 2.75) is 6.54 Å². The van der Waals surface area contributed by atoms with Gasteiger partial charge in [0, 0.05) is 24.7 Å². The van der Waals surface area contributed by atoms with E-state index < -0.39 is 17.3 Å². The Morgan fingerprint density at radius 3 is 2.85 bits per heavy atom. The second-order valence-electron chi connectivity index (χ2n) is 3.95. The molecule has 0 fully saturated rings. The van der Waals surface area contributed by atoms with Crippen molar-refractivity contribution in [1.29, 1.82) is 0 Å². The lowest BCUT2D eigenvalue weighted by molar-refractivity contribution is 0.0696. The van der Waals surface area contributed by atoms with Crippen molar-refractivity contribution in [1.82, 2.24) is 15.3 Å². The maximum absolute atomic E-state index is 11.8. The number of aromatic nitrogens is 2. The number of carboxylic acids is 1. The molecular weight excluding hydrogens is 262 g/mol. The second kappa shape index (κ2) is 5.79. The van der Waals surface area contributed by atoms with Gasteiger partial charge in [0.05, 0.1) is 17.8 Å². The van der Waals surface area contributed by atoms with Crippen LogP contribution in [0.4, 0.5) is 0 Å². The minimum Gasteiger partial charge on any atom is -0.478 e. The molecule has 1 amide bonds. The number of H-pyrrole nitrogens is 1. The molecule has 0 unspecified atom stereocenters. The smallest absolute Gasteiger partial charge is 0.335 e. The summed E-state index contributed by atoms with van der Waals surface area (Å²) in [5, 5.41) is 11.3. The third-order valence-electron chi connectivity index (χ3n) is 2.56. The van der Waals surface area contributed by atoms with Crippen LogP contribution in [0.15, 0.2) is 41.6 Å². The summed E-state index contributed by atoms with van der Waals surface area (Å²) in [4.78, 5) is 40.6. The molecule has 20 heavy (non-hydrogen) atoms. The molecular formula is C13H11N3O4. The molecule has 0 atom stereocenters. The number of hydrogen-bond donors (Lipinski definition) is 3. The molecule has 0 aliphatic rings. The van der Waals surface area contributed by atoms with E-state index in [1.165, 1.54) is 36.8 Å². The van der Waals surface area contributed by atoms with E-state index in [0.717, 1.165) is 0 Å². The average molecular weight is 273 g/mol. The van der Waals surface area contributed by atoms with Crippen molar-refractivity contribution in [3.8, 4) is 0 Å². The Bertz CT molecular complexity index is 709. The summed E-state index contributed by atoms with van der Waals surface area (Å²) >= 11 is 0. The van der Waals surface area contributed by atoms with Crippen molar-refractivity contribution in [2.75, 3.05) is 0 Å². The van der Waals surface area contributed by atoms with E-state index in [-0.39, 0.29) is 17.7 Å². The summed E-state index contributed by atoms with van der Waals surface area (Å²) in [5.41, 5.74) is 0.0720. The summed E-state index contributed by atoms with van der Waals surface area (Å²) in [6, 6.07) is 3.96. The summed E-state index contributed by atoms with van der Waals surface area (Å²) in [6.45, 7) is 0.0360. The Balaban J connectivity index is 2.08.